The SMILES string of the molecule is CC(=O)CC/C(N)=C/N(N)CCCN. The van der Waals surface area contributed by atoms with Crippen molar-refractivity contribution < 1.29 is 4.79 Å². The Morgan fingerprint density at radius 3 is 2.57 bits per heavy atom. The topological polar surface area (TPSA) is 98.4 Å². The van der Waals surface area contributed by atoms with Gasteiger partial charge >= 0.3 is 0 Å². The van der Waals surface area contributed by atoms with Gasteiger partial charge in [0.1, 0.15) is 5.78 Å². The maximum atomic E-state index is 10.7. The monoisotopic (exact) mass is 200 g/mol. The zero-order valence-electron chi connectivity index (χ0n) is 8.70. The highest BCUT2D eigenvalue weighted by molar-refractivity contribution is 5.75. The van der Waals surface area contributed by atoms with Crippen molar-refractivity contribution in [1.29, 1.82) is 0 Å². The lowest BCUT2D eigenvalue weighted by Gasteiger charge is -2.13. The number of rotatable bonds is 7. The normalized spacial score (nSPS) is 11.5. The van der Waals surface area contributed by atoms with Crippen molar-refractivity contribution in [3.63, 3.8) is 0 Å². The number of nitrogens with zero attached hydrogens (tertiary/aromatic N) is 1. The molecule has 5 nitrogen and oxygen atoms in total. The fourth-order valence-corrected chi connectivity index (χ4v) is 0.936. The minimum absolute atomic E-state index is 0.131. The van der Waals surface area contributed by atoms with Crippen LogP contribution in [0.5, 0.6) is 0 Å². The number of carbonyl (C=O) groups excluding carboxylic acids is 1. The van der Waals surface area contributed by atoms with Gasteiger partial charge in [-0.1, -0.05) is 0 Å². The van der Waals surface area contributed by atoms with Crippen LogP contribution in [-0.4, -0.2) is 23.9 Å². The molecule has 82 valence electrons. The van der Waals surface area contributed by atoms with E-state index in [0.29, 0.717) is 31.6 Å². The third kappa shape index (κ3) is 7.57. The summed E-state index contributed by atoms with van der Waals surface area (Å²) in [4.78, 5) is 10.7. The number of nitrogens with two attached hydrogens (primary N) is 3. The Morgan fingerprint density at radius 2 is 2.07 bits per heavy atom. The number of ketones is 1. The predicted octanol–water partition coefficient (Wildman–Crippen LogP) is -0.320. The van der Waals surface area contributed by atoms with Gasteiger partial charge in [0, 0.05) is 24.9 Å². The number of hydrogen-bond acceptors (Lipinski definition) is 5. The fraction of sp³-hybridized carbons (Fsp3) is 0.667. The number of hydrazine groups is 1. The highest BCUT2D eigenvalue weighted by atomic mass is 16.1. The second-order valence-corrected chi connectivity index (χ2v) is 3.29. The van der Waals surface area contributed by atoms with Crippen molar-refractivity contribution >= 4 is 5.78 Å². The molecule has 14 heavy (non-hydrogen) atoms. The van der Waals surface area contributed by atoms with Gasteiger partial charge in [-0.25, -0.2) is 5.84 Å². The van der Waals surface area contributed by atoms with E-state index in [1.165, 1.54) is 5.01 Å². The molecule has 0 saturated heterocycles. The van der Waals surface area contributed by atoms with E-state index < -0.39 is 0 Å². The number of hydrogen-bond donors (Lipinski definition) is 3. The van der Waals surface area contributed by atoms with E-state index in [9.17, 15) is 4.79 Å². The average molecular weight is 200 g/mol. The van der Waals surface area contributed by atoms with Crippen molar-refractivity contribution in [1.82, 2.24) is 5.01 Å². The first-order chi connectivity index (χ1) is 6.56. The summed E-state index contributed by atoms with van der Waals surface area (Å²) in [6.07, 6.45) is 3.50. The quantitative estimate of drug-likeness (QED) is 0.386. The Morgan fingerprint density at radius 1 is 1.43 bits per heavy atom. The van der Waals surface area contributed by atoms with Gasteiger partial charge < -0.3 is 21.3 Å². The summed E-state index contributed by atoms with van der Waals surface area (Å²) in [6, 6.07) is 0. The highest BCUT2D eigenvalue weighted by Crippen LogP contribution is 1.99. The van der Waals surface area contributed by atoms with E-state index in [1.54, 1.807) is 13.1 Å². The molecule has 6 N–H and O–H groups in total. The molecule has 0 unspecified atom stereocenters. The lowest BCUT2D eigenvalue weighted by atomic mass is 10.2. The lowest BCUT2D eigenvalue weighted by molar-refractivity contribution is -0.116. The van der Waals surface area contributed by atoms with Gasteiger partial charge in [-0.3, -0.25) is 0 Å². The van der Waals surface area contributed by atoms with Crippen LogP contribution in [0.1, 0.15) is 26.2 Å². The standard InChI is InChI=1S/C9H20N4O/c1-8(14)3-4-9(11)7-13(12)6-2-5-10/h7H,2-6,10-12H2,1H3/b9-7-. The third-order valence-electron chi connectivity index (χ3n) is 1.72. The third-order valence-corrected chi connectivity index (χ3v) is 1.72. The molecule has 0 atom stereocenters. The fourth-order valence-electron chi connectivity index (χ4n) is 0.936. The second kappa shape index (κ2) is 7.34. The summed E-state index contributed by atoms with van der Waals surface area (Å²) in [6.45, 7) is 2.83. The summed E-state index contributed by atoms with van der Waals surface area (Å²) in [7, 11) is 0. The van der Waals surface area contributed by atoms with Crippen LogP contribution in [0.2, 0.25) is 0 Å². The molecular formula is C9H20N4O. The molecule has 0 fully saturated rings. The Bertz CT molecular complexity index is 203. The number of Topliss-reactive ketones (excluding diaryl/α,β-unsaturated/α-hetero) is 1. The van der Waals surface area contributed by atoms with E-state index in [-0.39, 0.29) is 5.78 Å². The highest BCUT2D eigenvalue weighted by Gasteiger charge is 1.98. The molecule has 0 rings (SSSR count). The van der Waals surface area contributed by atoms with Crippen LogP contribution in [0.4, 0.5) is 0 Å². The first kappa shape index (κ1) is 12.9. The van der Waals surface area contributed by atoms with Crippen LogP contribution in [0.25, 0.3) is 0 Å². The zero-order chi connectivity index (χ0) is 11.0. The van der Waals surface area contributed by atoms with E-state index in [4.69, 9.17) is 17.3 Å². The van der Waals surface area contributed by atoms with Gasteiger partial charge in [0.05, 0.1) is 0 Å². The molecule has 0 aliphatic carbocycles. The van der Waals surface area contributed by atoms with E-state index in [2.05, 4.69) is 0 Å². The minimum Gasteiger partial charge on any atom is -0.401 e. The van der Waals surface area contributed by atoms with Crippen LogP contribution >= 0.6 is 0 Å². The molecule has 0 aromatic rings. The summed E-state index contributed by atoms with van der Waals surface area (Å²) in [5, 5.41) is 1.50. The van der Waals surface area contributed by atoms with Gasteiger partial charge in [-0.2, -0.15) is 0 Å². The minimum atomic E-state index is 0.131. The van der Waals surface area contributed by atoms with Crippen LogP contribution in [-0.2, 0) is 4.79 Å². The van der Waals surface area contributed by atoms with Crippen molar-refractivity contribution in [2.75, 3.05) is 13.1 Å². The lowest BCUT2D eigenvalue weighted by Crippen LogP contribution is -2.29. The Hall–Kier alpha value is -1.07. The molecule has 0 spiro atoms. The van der Waals surface area contributed by atoms with Crippen molar-refractivity contribution in [2.45, 2.75) is 26.2 Å². The van der Waals surface area contributed by atoms with E-state index in [1.807, 2.05) is 0 Å². The molecule has 0 aromatic heterocycles. The molecule has 0 aliphatic rings. The average Bonchev–Trinajstić information content (AvgIpc) is 2.11. The molecule has 0 bridgehead atoms. The van der Waals surface area contributed by atoms with Gasteiger partial charge in [-0.15, -0.1) is 0 Å². The largest absolute Gasteiger partial charge is 0.401 e. The molecular weight excluding hydrogens is 180 g/mol. The molecule has 0 saturated carbocycles. The predicted molar refractivity (Wildman–Crippen MR) is 56.8 cm³/mol. The molecule has 0 radical (unpaired) electrons. The van der Waals surface area contributed by atoms with Crippen LogP contribution in [0, 0.1) is 0 Å². The Kier molecular flexibility index (Phi) is 6.78. The van der Waals surface area contributed by atoms with Crippen molar-refractivity contribution in [2.24, 2.45) is 17.3 Å². The first-order valence-electron chi connectivity index (χ1n) is 4.73. The summed E-state index contributed by atoms with van der Waals surface area (Å²) in [5.74, 6) is 5.73. The molecule has 0 aliphatic heterocycles. The zero-order valence-corrected chi connectivity index (χ0v) is 8.70. The van der Waals surface area contributed by atoms with Gasteiger partial charge in [0.2, 0.25) is 0 Å². The molecule has 0 heterocycles. The number of allylic oxidation sites excluding steroid dienone is 1. The maximum absolute atomic E-state index is 10.7. The Balaban J connectivity index is 3.77. The van der Waals surface area contributed by atoms with Crippen LogP contribution < -0.4 is 17.3 Å². The number of carbonyl (C=O) groups is 1. The summed E-state index contributed by atoms with van der Waals surface area (Å²) in [5.41, 5.74) is 11.6. The van der Waals surface area contributed by atoms with Crippen molar-refractivity contribution in [3.8, 4) is 0 Å². The maximum Gasteiger partial charge on any atom is 0.130 e. The van der Waals surface area contributed by atoms with Gasteiger partial charge in [0.25, 0.3) is 0 Å². The van der Waals surface area contributed by atoms with Gasteiger partial charge in [0.15, 0.2) is 0 Å². The summed E-state index contributed by atoms with van der Waals surface area (Å²) < 4.78 is 0. The second-order valence-electron chi connectivity index (χ2n) is 3.29. The van der Waals surface area contributed by atoms with Crippen LogP contribution in [0.15, 0.2) is 11.9 Å². The van der Waals surface area contributed by atoms with Crippen LogP contribution in [0.3, 0.4) is 0 Å². The van der Waals surface area contributed by atoms with Crippen molar-refractivity contribution in [3.05, 3.63) is 11.9 Å². The Labute approximate surface area is 84.9 Å². The van der Waals surface area contributed by atoms with Gasteiger partial charge in [-0.05, 0) is 26.3 Å². The first-order valence-corrected chi connectivity index (χ1v) is 4.73. The molecule has 5 heteroatoms. The molecule has 0 aromatic carbocycles. The van der Waals surface area contributed by atoms with E-state index >= 15 is 0 Å². The molecule has 0 amide bonds. The van der Waals surface area contributed by atoms with E-state index in [0.717, 1.165) is 6.42 Å². The smallest absolute Gasteiger partial charge is 0.130 e. The summed E-state index contributed by atoms with van der Waals surface area (Å²) >= 11 is 0.